The predicted molar refractivity (Wildman–Crippen MR) is 77.7 cm³/mol. The second-order valence-corrected chi connectivity index (χ2v) is 5.03. The maximum Gasteiger partial charge on any atom is 0.172 e. The van der Waals surface area contributed by atoms with Crippen LogP contribution in [0.4, 0.5) is 5.69 Å². The van der Waals surface area contributed by atoms with Gasteiger partial charge in [-0.15, -0.1) is 0 Å². The Balaban J connectivity index is 2.41. The molecule has 2 unspecified atom stereocenters. The fraction of sp³-hybridized carbons (Fsp3) is 0.500. The summed E-state index contributed by atoms with van der Waals surface area (Å²) >= 11 is 0. The molecule has 110 valence electrons. The summed E-state index contributed by atoms with van der Waals surface area (Å²) in [6.07, 6.45) is 0.259. The maximum absolute atomic E-state index is 8.93. The number of oxime groups is 1. The van der Waals surface area contributed by atoms with Gasteiger partial charge in [0, 0.05) is 24.7 Å². The molecule has 0 radical (unpaired) electrons. The Morgan fingerprint density at radius 3 is 2.60 bits per heavy atom. The van der Waals surface area contributed by atoms with E-state index in [1.54, 1.807) is 19.2 Å². The smallest absolute Gasteiger partial charge is 0.172 e. The monoisotopic (exact) mass is 279 g/mol. The molecule has 0 saturated carbocycles. The van der Waals surface area contributed by atoms with E-state index in [1.165, 1.54) is 0 Å². The minimum Gasteiger partial charge on any atom is -0.497 e. The van der Waals surface area contributed by atoms with Gasteiger partial charge in [-0.05, 0) is 26.0 Å². The lowest BCUT2D eigenvalue weighted by atomic mass is 10.1. The quantitative estimate of drug-likeness (QED) is 0.378. The van der Waals surface area contributed by atoms with Crippen LogP contribution in [0.1, 0.15) is 19.4 Å². The van der Waals surface area contributed by atoms with E-state index in [-0.39, 0.29) is 18.0 Å². The van der Waals surface area contributed by atoms with Gasteiger partial charge < -0.3 is 25.3 Å². The lowest BCUT2D eigenvalue weighted by Gasteiger charge is -2.37. The number of morpholine rings is 1. The number of hydrogen-bond acceptors (Lipinski definition) is 5. The molecule has 0 aliphatic carbocycles. The molecule has 3 N–H and O–H groups in total. The summed E-state index contributed by atoms with van der Waals surface area (Å²) in [6, 6.07) is 5.50. The zero-order valence-electron chi connectivity index (χ0n) is 12.0. The standard InChI is InChI=1S/C14H21N3O3/c1-9-7-17(8-10(2)20-9)13-6-11(19-3)4-5-12(13)14(15)16-18/h4-6,9-10,18H,7-8H2,1-3H3,(H2,15,16). The Labute approximate surface area is 118 Å². The molecule has 0 spiro atoms. The van der Waals surface area contributed by atoms with Gasteiger partial charge in [0.25, 0.3) is 0 Å². The molecule has 6 nitrogen and oxygen atoms in total. The zero-order valence-corrected chi connectivity index (χ0v) is 12.0. The number of amidine groups is 1. The Morgan fingerprint density at radius 1 is 1.40 bits per heavy atom. The third kappa shape index (κ3) is 2.96. The average Bonchev–Trinajstić information content (AvgIpc) is 2.44. The number of ether oxygens (including phenoxy) is 2. The highest BCUT2D eigenvalue weighted by Gasteiger charge is 2.25. The zero-order chi connectivity index (χ0) is 14.7. The van der Waals surface area contributed by atoms with Crippen LogP contribution >= 0.6 is 0 Å². The first-order valence-electron chi connectivity index (χ1n) is 6.61. The third-order valence-corrected chi connectivity index (χ3v) is 3.35. The van der Waals surface area contributed by atoms with Gasteiger partial charge in [-0.25, -0.2) is 0 Å². The second kappa shape index (κ2) is 6.00. The van der Waals surface area contributed by atoms with Gasteiger partial charge in [-0.3, -0.25) is 0 Å². The summed E-state index contributed by atoms with van der Waals surface area (Å²) in [6.45, 7) is 5.57. The summed E-state index contributed by atoms with van der Waals surface area (Å²) in [5.41, 5.74) is 7.34. The molecule has 1 aromatic carbocycles. The van der Waals surface area contributed by atoms with Crippen molar-refractivity contribution in [2.24, 2.45) is 10.9 Å². The van der Waals surface area contributed by atoms with Crippen LogP contribution in [0, 0.1) is 0 Å². The van der Waals surface area contributed by atoms with Crippen molar-refractivity contribution in [1.29, 1.82) is 0 Å². The Morgan fingerprint density at radius 2 is 2.05 bits per heavy atom. The van der Waals surface area contributed by atoms with Gasteiger partial charge in [0.05, 0.1) is 25.0 Å². The van der Waals surface area contributed by atoms with Crippen LogP contribution in [-0.4, -0.2) is 43.5 Å². The van der Waals surface area contributed by atoms with E-state index in [9.17, 15) is 0 Å². The lowest BCUT2D eigenvalue weighted by molar-refractivity contribution is -0.00523. The summed E-state index contributed by atoms with van der Waals surface area (Å²) < 4.78 is 11.0. The molecule has 1 aliphatic rings. The van der Waals surface area contributed by atoms with Crippen molar-refractivity contribution in [3.63, 3.8) is 0 Å². The number of anilines is 1. The first-order valence-corrected chi connectivity index (χ1v) is 6.61. The summed E-state index contributed by atoms with van der Waals surface area (Å²) in [4.78, 5) is 2.18. The topological polar surface area (TPSA) is 80.3 Å². The largest absolute Gasteiger partial charge is 0.497 e. The molecule has 1 heterocycles. The van der Waals surface area contributed by atoms with Crippen LogP contribution in [0.25, 0.3) is 0 Å². The van der Waals surface area contributed by atoms with Crippen molar-refractivity contribution in [3.05, 3.63) is 23.8 Å². The van der Waals surface area contributed by atoms with Crippen LogP contribution < -0.4 is 15.4 Å². The number of benzene rings is 1. The minimum absolute atomic E-state index is 0.0921. The van der Waals surface area contributed by atoms with Crippen molar-refractivity contribution >= 4 is 11.5 Å². The molecule has 2 atom stereocenters. The van der Waals surface area contributed by atoms with Crippen molar-refractivity contribution in [1.82, 2.24) is 0 Å². The highest BCUT2D eigenvalue weighted by molar-refractivity contribution is 6.02. The van der Waals surface area contributed by atoms with E-state index in [0.717, 1.165) is 24.5 Å². The SMILES string of the molecule is COc1ccc(/C(N)=N/O)c(N2CC(C)OC(C)C2)c1. The van der Waals surface area contributed by atoms with E-state index in [2.05, 4.69) is 10.1 Å². The van der Waals surface area contributed by atoms with Crippen LogP contribution in [0.3, 0.4) is 0 Å². The van der Waals surface area contributed by atoms with E-state index >= 15 is 0 Å². The number of nitrogens with two attached hydrogens (primary N) is 1. The van der Waals surface area contributed by atoms with Gasteiger partial charge in [0.1, 0.15) is 5.75 Å². The Hall–Kier alpha value is -1.95. The van der Waals surface area contributed by atoms with E-state index in [4.69, 9.17) is 20.4 Å². The molecule has 0 aromatic heterocycles. The molecule has 1 aromatic rings. The number of nitrogens with zero attached hydrogens (tertiary/aromatic N) is 2. The first-order chi connectivity index (χ1) is 9.55. The average molecular weight is 279 g/mol. The van der Waals surface area contributed by atoms with E-state index in [0.29, 0.717) is 5.56 Å². The highest BCUT2D eigenvalue weighted by Crippen LogP contribution is 2.28. The normalized spacial score (nSPS) is 23.8. The van der Waals surface area contributed by atoms with Gasteiger partial charge in [-0.1, -0.05) is 5.16 Å². The number of hydrogen-bond donors (Lipinski definition) is 2. The molecular weight excluding hydrogens is 258 g/mol. The highest BCUT2D eigenvalue weighted by atomic mass is 16.5. The Bertz CT molecular complexity index is 494. The van der Waals surface area contributed by atoms with Crippen LogP contribution in [-0.2, 0) is 4.74 Å². The second-order valence-electron chi connectivity index (χ2n) is 5.03. The van der Waals surface area contributed by atoms with Crippen molar-refractivity contribution in [2.75, 3.05) is 25.1 Å². The van der Waals surface area contributed by atoms with Crippen molar-refractivity contribution in [2.45, 2.75) is 26.1 Å². The molecule has 6 heteroatoms. The maximum atomic E-state index is 8.93. The fourth-order valence-electron chi connectivity index (χ4n) is 2.55. The summed E-state index contributed by atoms with van der Waals surface area (Å²) in [5.74, 6) is 0.829. The minimum atomic E-state index is 0.0921. The molecule has 0 amide bonds. The van der Waals surface area contributed by atoms with Crippen LogP contribution in [0.15, 0.2) is 23.4 Å². The van der Waals surface area contributed by atoms with E-state index in [1.807, 2.05) is 19.9 Å². The molecule has 20 heavy (non-hydrogen) atoms. The fourth-order valence-corrected chi connectivity index (χ4v) is 2.55. The van der Waals surface area contributed by atoms with E-state index < -0.39 is 0 Å². The summed E-state index contributed by atoms with van der Waals surface area (Å²) in [5, 5.41) is 12.0. The molecule has 1 saturated heterocycles. The van der Waals surface area contributed by atoms with Gasteiger partial charge in [-0.2, -0.15) is 0 Å². The molecule has 0 bridgehead atoms. The first kappa shape index (κ1) is 14.5. The van der Waals surface area contributed by atoms with Crippen LogP contribution in [0.2, 0.25) is 0 Å². The number of methoxy groups -OCH3 is 1. The van der Waals surface area contributed by atoms with Gasteiger partial charge in [0.15, 0.2) is 5.84 Å². The molecular formula is C14H21N3O3. The molecule has 1 fully saturated rings. The van der Waals surface area contributed by atoms with Gasteiger partial charge in [0.2, 0.25) is 0 Å². The van der Waals surface area contributed by atoms with Crippen molar-refractivity contribution in [3.8, 4) is 5.75 Å². The summed E-state index contributed by atoms with van der Waals surface area (Å²) in [7, 11) is 1.62. The Kier molecular flexibility index (Phi) is 4.34. The van der Waals surface area contributed by atoms with Crippen molar-refractivity contribution < 1.29 is 14.7 Å². The third-order valence-electron chi connectivity index (χ3n) is 3.35. The number of rotatable bonds is 3. The van der Waals surface area contributed by atoms with Gasteiger partial charge >= 0.3 is 0 Å². The lowest BCUT2D eigenvalue weighted by Crippen LogP contribution is -2.46. The predicted octanol–water partition coefficient (Wildman–Crippen LogP) is 1.40. The van der Waals surface area contributed by atoms with Crippen LogP contribution in [0.5, 0.6) is 5.75 Å². The molecule has 1 aliphatic heterocycles. The molecule has 2 rings (SSSR count).